The van der Waals surface area contributed by atoms with Crippen LogP contribution in [0.3, 0.4) is 0 Å². The van der Waals surface area contributed by atoms with Gasteiger partial charge >= 0.3 is 0 Å². The molecule has 0 unspecified atom stereocenters. The van der Waals surface area contributed by atoms with Gasteiger partial charge in [-0.2, -0.15) is 0 Å². The summed E-state index contributed by atoms with van der Waals surface area (Å²) in [6.07, 6.45) is 0. The molecule has 3 aromatic carbocycles. The maximum absolute atomic E-state index is 5.38. The van der Waals surface area contributed by atoms with Gasteiger partial charge in [-0.3, -0.25) is 4.90 Å². The molecule has 0 saturated carbocycles. The van der Waals surface area contributed by atoms with Crippen LogP contribution >= 0.6 is 0 Å². The van der Waals surface area contributed by atoms with E-state index in [2.05, 4.69) is 84.6 Å². The van der Waals surface area contributed by atoms with Crippen molar-refractivity contribution in [3.63, 3.8) is 0 Å². The minimum absolute atomic E-state index is 0.911. The number of fused-ring (bicyclic) bond motifs is 1. The van der Waals surface area contributed by atoms with Crippen molar-refractivity contribution in [1.29, 1.82) is 0 Å². The van der Waals surface area contributed by atoms with E-state index in [-0.39, 0.29) is 0 Å². The number of nitrogens with zero attached hydrogens (tertiary/aromatic N) is 2. The molecular weight excluding hydrogens is 320 g/mol. The van der Waals surface area contributed by atoms with Gasteiger partial charge < -0.3 is 9.64 Å². The van der Waals surface area contributed by atoms with Crippen LogP contribution in [0, 0.1) is 0 Å². The first-order valence-corrected chi connectivity index (χ1v) is 9.12. The maximum Gasteiger partial charge on any atom is 0.119 e. The summed E-state index contributed by atoms with van der Waals surface area (Å²) in [5.74, 6) is 0.917. The Bertz CT molecular complexity index is 839. The normalized spacial score (nSPS) is 11.4. The predicted molar refractivity (Wildman–Crippen MR) is 110 cm³/mol. The Morgan fingerprint density at radius 2 is 1.58 bits per heavy atom. The van der Waals surface area contributed by atoms with Gasteiger partial charge in [-0.05, 0) is 48.1 Å². The monoisotopic (exact) mass is 348 g/mol. The highest BCUT2D eigenvalue weighted by Gasteiger charge is 2.10. The molecular formula is C23H28N2O. The third-order valence-electron chi connectivity index (χ3n) is 4.68. The fraction of sp³-hybridized carbons (Fsp3) is 0.304. The second-order valence-electron chi connectivity index (χ2n) is 7.00. The molecule has 0 spiro atoms. The average molecular weight is 348 g/mol. The first-order valence-electron chi connectivity index (χ1n) is 9.12. The van der Waals surface area contributed by atoms with Crippen LogP contribution in [0.5, 0.6) is 5.75 Å². The van der Waals surface area contributed by atoms with Crippen LogP contribution in [0.2, 0.25) is 0 Å². The molecule has 0 bridgehead atoms. The fourth-order valence-corrected chi connectivity index (χ4v) is 3.26. The lowest BCUT2D eigenvalue weighted by molar-refractivity contribution is 0.226. The van der Waals surface area contributed by atoms with Crippen LogP contribution < -0.4 is 4.74 Å². The van der Waals surface area contributed by atoms with Gasteiger partial charge in [0.2, 0.25) is 0 Å². The van der Waals surface area contributed by atoms with Crippen LogP contribution in [-0.2, 0) is 13.1 Å². The number of ether oxygens (including phenoxy) is 1. The summed E-state index contributed by atoms with van der Waals surface area (Å²) in [5.41, 5.74) is 2.66. The van der Waals surface area contributed by atoms with E-state index >= 15 is 0 Å². The summed E-state index contributed by atoms with van der Waals surface area (Å²) in [6.45, 7) is 3.91. The van der Waals surface area contributed by atoms with Gasteiger partial charge in [-0.1, -0.05) is 54.6 Å². The molecule has 0 aliphatic carbocycles. The lowest BCUT2D eigenvalue weighted by Gasteiger charge is -2.25. The lowest BCUT2D eigenvalue weighted by atomic mass is 10.0. The van der Waals surface area contributed by atoms with Gasteiger partial charge in [0.05, 0.1) is 7.11 Å². The number of likely N-dealkylation sites (N-methyl/N-ethyl adjacent to an activating group) is 1. The van der Waals surface area contributed by atoms with Crippen molar-refractivity contribution in [2.75, 3.05) is 34.3 Å². The Labute approximate surface area is 156 Å². The Kier molecular flexibility index (Phi) is 6.26. The van der Waals surface area contributed by atoms with Crippen molar-refractivity contribution < 1.29 is 4.74 Å². The zero-order valence-electron chi connectivity index (χ0n) is 16.0. The fourth-order valence-electron chi connectivity index (χ4n) is 3.26. The quantitative estimate of drug-likeness (QED) is 0.600. The molecule has 0 N–H and O–H groups in total. The van der Waals surface area contributed by atoms with Crippen LogP contribution in [0.15, 0.2) is 66.7 Å². The summed E-state index contributed by atoms with van der Waals surface area (Å²) < 4.78 is 5.38. The van der Waals surface area contributed by atoms with E-state index in [1.165, 1.54) is 21.9 Å². The van der Waals surface area contributed by atoms with E-state index < -0.39 is 0 Å². The molecule has 0 aliphatic rings. The Hall–Kier alpha value is -2.36. The SMILES string of the molecule is COc1cccc(CN(CCN(C)C)Cc2cccc3ccccc23)c1. The van der Waals surface area contributed by atoms with Gasteiger partial charge in [0.15, 0.2) is 0 Å². The largest absolute Gasteiger partial charge is 0.497 e. The van der Waals surface area contributed by atoms with Gasteiger partial charge in [-0.15, -0.1) is 0 Å². The van der Waals surface area contributed by atoms with E-state index in [0.29, 0.717) is 0 Å². The van der Waals surface area contributed by atoms with E-state index in [4.69, 9.17) is 4.74 Å². The summed E-state index contributed by atoms with van der Waals surface area (Å²) in [5, 5.41) is 2.65. The second-order valence-corrected chi connectivity index (χ2v) is 7.00. The summed E-state index contributed by atoms with van der Waals surface area (Å²) in [6, 6.07) is 23.6. The summed E-state index contributed by atoms with van der Waals surface area (Å²) in [4.78, 5) is 4.75. The van der Waals surface area contributed by atoms with Crippen molar-refractivity contribution in [2.45, 2.75) is 13.1 Å². The average Bonchev–Trinajstić information content (AvgIpc) is 2.66. The van der Waals surface area contributed by atoms with Crippen molar-refractivity contribution in [2.24, 2.45) is 0 Å². The minimum atomic E-state index is 0.911. The molecule has 0 aromatic heterocycles. The van der Waals surface area contributed by atoms with Crippen molar-refractivity contribution >= 4 is 10.8 Å². The zero-order valence-corrected chi connectivity index (χ0v) is 16.0. The van der Waals surface area contributed by atoms with Crippen molar-refractivity contribution in [3.8, 4) is 5.75 Å². The first-order chi connectivity index (χ1) is 12.7. The minimum Gasteiger partial charge on any atom is -0.497 e. The number of benzene rings is 3. The van der Waals surface area contributed by atoms with E-state index in [1.807, 2.05) is 6.07 Å². The third kappa shape index (κ3) is 4.84. The molecule has 26 heavy (non-hydrogen) atoms. The lowest BCUT2D eigenvalue weighted by Crippen LogP contribution is -2.31. The Morgan fingerprint density at radius 1 is 0.808 bits per heavy atom. The molecule has 0 aliphatic heterocycles. The van der Waals surface area contributed by atoms with Crippen molar-refractivity contribution in [3.05, 3.63) is 77.9 Å². The summed E-state index contributed by atoms with van der Waals surface area (Å²) in [7, 11) is 5.97. The highest BCUT2D eigenvalue weighted by Crippen LogP contribution is 2.21. The molecule has 3 nitrogen and oxygen atoms in total. The number of hydrogen-bond donors (Lipinski definition) is 0. The number of hydrogen-bond acceptors (Lipinski definition) is 3. The van der Waals surface area contributed by atoms with Crippen molar-refractivity contribution in [1.82, 2.24) is 9.80 Å². The van der Waals surface area contributed by atoms with E-state index in [0.717, 1.165) is 31.9 Å². The molecule has 3 heteroatoms. The molecule has 0 fully saturated rings. The standard InChI is InChI=1S/C23H28N2O/c1-24(2)14-15-25(17-19-8-6-12-22(16-19)26-3)18-21-11-7-10-20-9-4-5-13-23(20)21/h4-13,16H,14-15,17-18H2,1-3H3. The van der Waals surface area contributed by atoms with Crippen LogP contribution in [-0.4, -0.2) is 44.1 Å². The summed E-state index contributed by atoms with van der Waals surface area (Å²) >= 11 is 0. The molecule has 3 rings (SSSR count). The van der Waals surface area contributed by atoms with E-state index in [9.17, 15) is 0 Å². The molecule has 136 valence electrons. The van der Waals surface area contributed by atoms with Crippen LogP contribution in [0.1, 0.15) is 11.1 Å². The maximum atomic E-state index is 5.38. The highest BCUT2D eigenvalue weighted by atomic mass is 16.5. The van der Waals surface area contributed by atoms with Crippen LogP contribution in [0.4, 0.5) is 0 Å². The Balaban J connectivity index is 1.83. The smallest absolute Gasteiger partial charge is 0.119 e. The molecule has 3 aromatic rings. The first kappa shape index (κ1) is 18.4. The number of methoxy groups -OCH3 is 1. The third-order valence-corrected chi connectivity index (χ3v) is 4.68. The van der Waals surface area contributed by atoms with Gasteiger partial charge in [0, 0.05) is 26.2 Å². The van der Waals surface area contributed by atoms with Gasteiger partial charge in [0.1, 0.15) is 5.75 Å². The van der Waals surface area contributed by atoms with Crippen LogP contribution in [0.25, 0.3) is 10.8 Å². The van der Waals surface area contributed by atoms with Gasteiger partial charge in [0.25, 0.3) is 0 Å². The Morgan fingerprint density at radius 3 is 2.38 bits per heavy atom. The predicted octanol–water partition coefficient (Wildman–Crippen LogP) is 4.41. The topological polar surface area (TPSA) is 15.7 Å². The molecule has 0 radical (unpaired) electrons. The highest BCUT2D eigenvalue weighted by molar-refractivity contribution is 5.85. The second kappa shape index (κ2) is 8.84. The zero-order chi connectivity index (χ0) is 18.4. The van der Waals surface area contributed by atoms with E-state index in [1.54, 1.807) is 7.11 Å². The number of rotatable bonds is 8. The molecule has 0 atom stereocenters. The molecule has 0 saturated heterocycles. The van der Waals surface area contributed by atoms with Gasteiger partial charge in [-0.25, -0.2) is 0 Å². The molecule has 0 heterocycles. The molecule has 0 amide bonds.